The Morgan fingerprint density at radius 3 is 2.46 bits per heavy atom. The van der Waals surface area contributed by atoms with Gasteiger partial charge in [0.1, 0.15) is 5.01 Å². The summed E-state index contributed by atoms with van der Waals surface area (Å²) in [5.74, 6) is 1.20. The second kappa shape index (κ2) is 4.56. The van der Waals surface area contributed by atoms with Crippen LogP contribution in [-0.2, 0) is 0 Å². The molecule has 72 valence electrons. The summed E-state index contributed by atoms with van der Waals surface area (Å²) in [6, 6.07) is 0. The minimum Gasteiger partial charge on any atom is -0.245 e. The van der Waals surface area contributed by atoms with Crippen molar-refractivity contribution in [1.82, 2.24) is 4.98 Å². The number of aromatic nitrogens is 1. The Kier molecular flexibility index (Phi) is 3.67. The molecule has 0 fully saturated rings. The molecule has 1 rings (SSSR count). The van der Waals surface area contributed by atoms with E-state index in [0.717, 1.165) is 5.01 Å². The number of allylic oxidation sites excluding steroid dienone is 1. The maximum atomic E-state index is 4.34. The van der Waals surface area contributed by atoms with Crippen molar-refractivity contribution in [3.63, 3.8) is 0 Å². The van der Waals surface area contributed by atoms with Crippen LogP contribution in [0.3, 0.4) is 0 Å². The molecule has 1 aromatic heterocycles. The van der Waals surface area contributed by atoms with E-state index in [2.05, 4.69) is 44.8 Å². The minimum absolute atomic E-state index is 0.596. The molecule has 1 nitrogen and oxygen atoms in total. The summed E-state index contributed by atoms with van der Waals surface area (Å²) in [4.78, 5) is 5.71. The van der Waals surface area contributed by atoms with Crippen LogP contribution in [0.1, 0.15) is 43.5 Å². The van der Waals surface area contributed by atoms with Crippen LogP contribution >= 0.6 is 11.3 Å². The van der Waals surface area contributed by atoms with Gasteiger partial charge in [0.15, 0.2) is 0 Å². The standard InChI is InChI=1S/C11H17NS/c1-8(2)5-6-11-12-7-10(13-11)9(3)4/h5-9H,1-4H3/b6-5+. The molecule has 0 amide bonds. The van der Waals surface area contributed by atoms with Crippen molar-refractivity contribution in [2.24, 2.45) is 5.92 Å². The largest absolute Gasteiger partial charge is 0.245 e. The third-order valence-corrected chi connectivity index (χ3v) is 3.00. The molecule has 0 N–H and O–H groups in total. The first-order valence-electron chi connectivity index (χ1n) is 4.73. The highest BCUT2D eigenvalue weighted by molar-refractivity contribution is 7.12. The quantitative estimate of drug-likeness (QED) is 0.712. The van der Waals surface area contributed by atoms with Crippen molar-refractivity contribution < 1.29 is 0 Å². The van der Waals surface area contributed by atoms with E-state index in [1.165, 1.54) is 4.88 Å². The van der Waals surface area contributed by atoms with Crippen molar-refractivity contribution in [1.29, 1.82) is 0 Å². The fourth-order valence-electron chi connectivity index (χ4n) is 0.919. The van der Waals surface area contributed by atoms with Crippen LogP contribution in [-0.4, -0.2) is 4.98 Å². The predicted octanol–water partition coefficient (Wildman–Crippen LogP) is 3.94. The van der Waals surface area contributed by atoms with E-state index in [-0.39, 0.29) is 0 Å². The fraction of sp³-hybridized carbons (Fsp3) is 0.545. The SMILES string of the molecule is CC(C)/C=C/c1ncc(C(C)C)s1. The molecule has 0 aromatic carbocycles. The van der Waals surface area contributed by atoms with Crippen molar-refractivity contribution in [3.05, 3.63) is 22.2 Å². The van der Waals surface area contributed by atoms with E-state index in [0.29, 0.717) is 11.8 Å². The molecule has 0 saturated carbocycles. The Hall–Kier alpha value is -0.630. The number of thiazole rings is 1. The molecule has 0 aliphatic carbocycles. The van der Waals surface area contributed by atoms with Crippen LogP contribution in [0.5, 0.6) is 0 Å². The summed E-state index contributed by atoms with van der Waals surface area (Å²) in [5.41, 5.74) is 0. The summed E-state index contributed by atoms with van der Waals surface area (Å²) < 4.78 is 0. The van der Waals surface area contributed by atoms with E-state index in [4.69, 9.17) is 0 Å². The third kappa shape index (κ3) is 3.31. The molecule has 1 heterocycles. The number of rotatable bonds is 3. The lowest BCUT2D eigenvalue weighted by molar-refractivity contribution is 0.836. The van der Waals surface area contributed by atoms with Gasteiger partial charge in [-0.25, -0.2) is 4.98 Å². The highest BCUT2D eigenvalue weighted by atomic mass is 32.1. The van der Waals surface area contributed by atoms with E-state index >= 15 is 0 Å². The normalized spacial score (nSPS) is 12.2. The second-order valence-corrected chi connectivity index (χ2v) is 4.95. The van der Waals surface area contributed by atoms with E-state index in [1.54, 1.807) is 11.3 Å². The van der Waals surface area contributed by atoms with Gasteiger partial charge in [0.25, 0.3) is 0 Å². The zero-order valence-electron chi connectivity index (χ0n) is 8.74. The van der Waals surface area contributed by atoms with Gasteiger partial charge >= 0.3 is 0 Å². The number of nitrogens with zero attached hydrogens (tertiary/aromatic N) is 1. The molecule has 2 heteroatoms. The van der Waals surface area contributed by atoms with Crippen LogP contribution in [0.15, 0.2) is 12.3 Å². The molecule has 0 radical (unpaired) electrons. The van der Waals surface area contributed by atoms with Crippen LogP contribution < -0.4 is 0 Å². The zero-order chi connectivity index (χ0) is 9.84. The molecule has 0 bridgehead atoms. The first kappa shape index (κ1) is 10.5. The molecule has 0 unspecified atom stereocenters. The van der Waals surface area contributed by atoms with Gasteiger partial charge in [0.05, 0.1) is 0 Å². The first-order valence-corrected chi connectivity index (χ1v) is 5.55. The van der Waals surface area contributed by atoms with Gasteiger partial charge in [-0.15, -0.1) is 11.3 Å². The molecular formula is C11H17NS. The van der Waals surface area contributed by atoms with Crippen LogP contribution in [0.25, 0.3) is 6.08 Å². The lowest BCUT2D eigenvalue weighted by Gasteiger charge is -1.95. The van der Waals surface area contributed by atoms with Gasteiger partial charge in [0, 0.05) is 11.1 Å². The van der Waals surface area contributed by atoms with Crippen molar-refractivity contribution >= 4 is 17.4 Å². The smallest absolute Gasteiger partial charge is 0.115 e. The zero-order valence-corrected chi connectivity index (χ0v) is 9.56. The maximum Gasteiger partial charge on any atom is 0.115 e. The Bertz CT molecular complexity index is 284. The van der Waals surface area contributed by atoms with Gasteiger partial charge in [0.2, 0.25) is 0 Å². The van der Waals surface area contributed by atoms with Gasteiger partial charge < -0.3 is 0 Å². The Morgan fingerprint density at radius 2 is 2.00 bits per heavy atom. The summed E-state index contributed by atoms with van der Waals surface area (Å²) in [7, 11) is 0. The minimum atomic E-state index is 0.596. The van der Waals surface area contributed by atoms with Gasteiger partial charge in [-0.3, -0.25) is 0 Å². The van der Waals surface area contributed by atoms with Crippen LogP contribution in [0.4, 0.5) is 0 Å². The van der Waals surface area contributed by atoms with Crippen molar-refractivity contribution in [2.75, 3.05) is 0 Å². The van der Waals surface area contributed by atoms with Gasteiger partial charge in [-0.05, 0) is 17.9 Å². The summed E-state index contributed by atoms with van der Waals surface area (Å²) in [5, 5.41) is 1.12. The molecule has 1 aromatic rings. The lowest BCUT2D eigenvalue weighted by atomic mass is 10.2. The summed E-state index contributed by atoms with van der Waals surface area (Å²) >= 11 is 1.79. The molecule has 0 atom stereocenters. The van der Waals surface area contributed by atoms with Crippen LogP contribution in [0.2, 0.25) is 0 Å². The molecule has 0 aliphatic rings. The van der Waals surface area contributed by atoms with E-state index in [1.807, 2.05) is 6.20 Å². The fourth-order valence-corrected chi connectivity index (χ4v) is 1.75. The van der Waals surface area contributed by atoms with Gasteiger partial charge in [-0.1, -0.05) is 33.8 Å². The topological polar surface area (TPSA) is 12.9 Å². The van der Waals surface area contributed by atoms with E-state index in [9.17, 15) is 0 Å². The van der Waals surface area contributed by atoms with Crippen LogP contribution in [0, 0.1) is 5.92 Å². The highest BCUT2D eigenvalue weighted by Crippen LogP contribution is 2.22. The monoisotopic (exact) mass is 195 g/mol. The Labute approximate surface area is 84.5 Å². The predicted molar refractivity (Wildman–Crippen MR) is 60.1 cm³/mol. The Balaban J connectivity index is 2.69. The van der Waals surface area contributed by atoms with Crippen molar-refractivity contribution in [3.8, 4) is 0 Å². The van der Waals surface area contributed by atoms with Crippen molar-refractivity contribution in [2.45, 2.75) is 33.6 Å². The summed E-state index contributed by atoms with van der Waals surface area (Å²) in [6.07, 6.45) is 6.28. The molecule has 0 spiro atoms. The second-order valence-electron chi connectivity index (χ2n) is 3.86. The average molecular weight is 195 g/mol. The van der Waals surface area contributed by atoms with Gasteiger partial charge in [-0.2, -0.15) is 0 Å². The number of hydrogen-bond acceptors (Lipinski definition) is 2. The molecule has 13 heavy (non-hydrogen) atoms. The molecule has 0 saturated heterocycles. The first-order chi connectivity index (χ1) is 6.09. The lowest BCUT2D eigenvalue weighted by Crippen LogP contribution is -1.77. The summed E-state index contributed by atoms with van der Waals surface area (Å²) in [6.45, 7) is 8.74. The Morgan fingerprint density at radius 1 is 1.31 bits per heavy atom. The molecule has 0 aliphatic heterocycles. The van der Waals surface area contributed by atoms with E-state index < -0.39 is 0 Å². The average Bonchev–Trinajstić information content (AvgIpc) is 2.48. The highest BCUT2D eigenvalue weighted by Gasteiger charge is 2.02. The molecular weight excluding hydrogens is 178 g/mol. The maximum absolute atomic E-state index is 4.34. The number of hydrogen-bond donors (Lipinski definition) is 0. The third-order valence-electron chi connectivity index (χ3n) is 1.73.